The molecule has 0 spiro atoms. The summed E-state index contributed by atoms with van der Waals surface area (Å²) in [5, 5.41) is 43.8. The molecule has 0 amide bonds. The Morgan fingerprint density at radius 3 is 2.00 bits per heavy atom. The predicted octanol–water partition coefficient (Wildman–Crippen LogP) is 3.93. The highest BCUT2D eigenvalue weighted by Gasteiger charge is 2.30. The van der Waals surface area contributed by atoms with E-state index in [4.69, 9.17) is 5.11 Å². The van der Waals surface area contributed by atoms with Crippen LogP contribution in [0, 0.1) is 30.3 Å². The number of benzene rings is 1. The van der Waals surface area contributed by atoms with E-state index < -0.39 is 37.6 Å². The van der Waals surface area contributed by atoms with E-state index in [2.05, 4.69) is 31.5 Å². The molecule has 2 rings (SSSR count). The van der Waals surface area contributed by atoms with Gasteiger partial charge in [-0.25, -0.2) is 0 Å². The van der Waals surface area contributed by atoms with E-state index in [0.29, 0.717) is 24.2 Å². The molecule has 1 heterocycles. The highest BCUT2D eigenvalue weighted by Crippen LogP contribution is 2.38. The largest absolute Gasteiger partial charge is 0.497 e. The molecule has 0 saturated carbocycles. The molecule has 1 aromatic rings. The molecule has 29 heavy (non-hydrogen) atoms. The van der Waals surface area contributed by atoms with Gasteiger partial charge in [0.05, 0.1) is 26.9 Å². The molecule has 0 saturated heterocycles. The fourth-order valence-corrected chi connectivity index (χ4v) is 2.85. The van der Waals surface area contributed by atoms with E-state index in [9.17, 15) is 30.3 Å². The van der Waals surface area contributed by atoms with Crippen molar-refractivity contribution >= 4 is 17.1 Å². The first-order chi connectivity index (χ1) is 13.6. The second-order valence-electron chi connectivity index (χ2n) is 6.34. The standard InChI is InChI=1S/C12H19N.C6H3N3O7/c1-4-6-11-8-10(3)9-12(13-11)7-5-2;10-6-4(8(13)14)1-3(7(11)12)2-5(6)9(15)16/h4-5,8,11-13H,1-2,6-7,9H2,3H3;1-2,10H/t11-,12+;/m1./s1. The van der Waals surface area contributed by atoms with Gasteiger partial charge in [0.2, 0.25) is 0 Å². The molecular weight excluding hydrogens is 384 g/mol. The zero-order valence-electron chi connectivity index (χ0n) is 15.8. The summed E-state index contributed by atoms with van der Waals surface area (Å²) in [6.07, 6.45) is 9.49. The highest BCUT2D eigenvalue weighted by atomic mass is 16.6. The molecule has 1 aromatic carbocycles. The van der Waals surface area contributed by atoms with Crippen LogP contribution in [0.15, 0.2) is 49.1 Å². The van der Waals surface area contributed by atoms with E-state index in [1.165, 1.54) is 5.57 Å². The normalized spacial score (nSPS) is 17.9. The van der Waals surface area contributed by atoms with E-state index in [0.717, 1.165) is 19.3 Å². The lowest BCUT2D eigenvalue weighted by atomic mass is 9.95. The van der Waals surface area contributed by atoms with E-state index in [-0.39, 0.29) is 0 Å². The quantitative estimate of drug-likeness (QED) is 0.391. The monoisotopic (exact) mass is 406 g/mol. The van der Waals surface area contributed by atoms with Crippen molar-refractivity contribution in [3.8, 4) is 5.75 Å². The topological polar surface area (TPSA) is 162 Å². The van der Waals surface area contributed by atoms with Crippen LogP contribution >= 0.6 is 0 Å². The smallest absolute Gasteiger partial charge is 0.324 e. The minimum absolute atomic E-state index is 0.447. The zero-order valence-corrected chi connectivity index (χ0v) is 15.8. The van der Waals surface area contributed by atoms with Crippen LogP contribution in [0.5, 0.6) is 5.75 Å². The summed E-state index contributed by atoms with van der Waals surface area (Å²) >= 11 is 0. The SMILES string of the molecule is C=CC[C@H]1CC(C)=C[C@@H](CC=C)N1.O=[N+]([O-])c1cc([N+](=O)[O-])c(O)c([N+](=O)[O-])c1. The maximum absolute atomic E-state index is 10.4. The molecule has 156 valence electrons. The van der Waals surface area contributed by atoms with Crippen LogP contribution in [0.1, 0.15) is 26.2 Å². The summed E-state index contributed by atoms with van der Waals surface area (Å²) in [6, 6.07) is 1.95. The molecule has 0 fully saturated rings. The summed E-state index contributed by atoms with van der Waals surface area (Å²) in [6.45, 7) is 9.73. The molecule has 0 radical (unpaired) electrons. The second kappa shape index (κ2) is 10.7. The van der Waals surface area contributed by atoms with Crippen molar-refractivity contribution in [2.24, 2.45) is 0 Å². The van der Waals surface area contributed by atoms with E-state index >= 15 is 0 Å². The molecular formula is C18H22N4O7. The van der Waals surface area contributed by atoms with Gasteiger partial charge in [0, 0.05) is 12.1 Å². The highest BCUT2D eigenvalue weighted by molar-refractivity contribution is 5.64. The van der Waals surface area contributed by atoms with Gasteiger partial charge in [-0.05, 0) is 26.2 Å². The number of phenols is 1. The number of aromatic hydroxyl groups is 1. The molecule has 0 aliphatic carbocycles. The van der Waals surface area contributed by atoms with Crippen molar-refractivity contribution in [3.63, 3.8) is 0 Å². The van der Waals surface area contributed by atoms with Crippen LogP contribution in [-0.2, 0) is 0 Å². The van der Waals surface area contributed by atoms with Crippen molar-refractivity contribution in [2.75, 3.05) is 0 Å². The third-order valence-corrected chi connectivity index (χ3v) is 4.03. The average molecular weight is 406 g/mol. The summed E-state index contributed by atoms with van der Waals surface area (Å²) in [4.78, 5) is 27.8. The van der Waals surface area contributed by atoms with Gasteiger partial charge >= 0.3 is 11.4 Å². The molecule has 11 heteroatoms. The van der Waals surface area contributed by atoms with Gasteiger partial charge in [-0.3, -0.25) is 30.3 Å². The lowest BCUT2D eigenvalue weighted by molar-refractivity contribution is -0.404. The van der Waals surface area contributed by atoms with Crippen LogP contribution in [0.4, 0.5) is 17.1 Å². The molecule has 0 aromatic heterocycles. The number of hydrogen-bond acceptors (Lipinski definition) is 8. The number of nitro benzene ring substituents is 3. The van der Waals surface area contributed by atoms with Crippen LogP contribution in [0.3, 0.4) is 0 Å². The van der Waals surface area contributed by atoms with Gasteiger partial charge in [-0.1, -0.05) is 23.8 Å². The first-order valence-corrected chi connectivity index (χ1v) is 8.56. The van der Waals surface area contributed by atoms with Crippen molar-refractivity contribution in [1.29, 1.82) is 0 Å². The van der Waals surface area contributed by atoms with Crippen molar-refractivity contribution in [3.05, 3.63) is 79.4 Å². The Morgan fingerprint density at radius 1 is 1.07 bits per heavy atom. The Kier molecular flexibility index (Phi) is 8.62. The second-order valence-corrected chi connectivity index (χ2v) is 6.34. The van der Waals surface area contributed by atoms with Crippen molar-refractivity contribution < 1.29 is 19.9 Å². The number of nitro groups is 3. The Bertz CT molecular complexity index is 816. The minimum atomic E-state index is -1.21. The molecule has 1 aliphatic heterocycles. The van der Waals surface area contributed by atoms with Crippen molar-refractivity contribution in [1.82, 2.24) is 5.32 Å². The van der Waals surface area contributed by atoms with Gasteiger partial charge in [-0.2, -0.15) is 0 Å². The van der Waals surface area contributed by atoms with Crippen LogP contribution in [-0.4, -0.2) is 32.0 Å². The number of nitrogens with zero attached hydrogens (tertiary/aromatic N) is 3. The van der Waals surface area contributed by atoms with Gasteiger partial charge in [0.1, 0.15) is 0 Å². The number of nitrogens with one attached hydrogen (secondary N) is 1. The third-order valence-electron chi connectivity index (χ3n) is 4.03. The first-order valence-electron chi connectivity index (χ1n) is 8.56. The summed E-state index contributed by atoms with van der Waals surface area (Å²) in [5.41, 5.74) is -1.52. The molecule has 2 atom stereocenters. The fraction of sp³-hybridized carbons (Fsp3) is 0.333. The molecule has 1 aliphatic rings. The van der Waals surface area contributed by atoms with E-state index in [1.54, 1.807) is 0 Å². The Labute approximate surface area is 166 Å². The first kappa shape index (κ1) is 23.4. The molecule has 0 bridgehead atoms. The lowest BCUT2D eigenvalue weighted by Gasteiger charge is -2.28. The third kappa shape index (κ3) is 6.81. The van der Waals surface area contributed by atoms with Crippen LogP contribution in [0.25, 0.3) is 0 Å². The van der Waals surface area contributed by atoms with Crippen molar-refractivity contribution in [2.45, 2.75) is 38.3 Å². The summed E-state index contributed by atoms with van der Waals surface area (Å²) < 4.78 is 0. The number of rotatable bonds is 7. The molecule has 0 unspecified atom stereocenters. The number of phenolic OH excluding ortho intramolecular Hbond substituents is 1. The van der Waals surface area contributed by atoms with Crippen LogP contribution in [0.2, 0.25) is 0 Å². The maximum Gasteiger partial charge on any atom is 0.324 e. The van der Waals surface area contributed by atoms with E-state index in [1.807, 2.05) is 12.2 Å². The Hall–Kier alpha value is -3.60. The zero-order chi connectivity index (χ0) is 22.1. The average Bonchev–Trinajstić information content (AvgIpc) is 2.61. The number of non-ortho nitro benzene ring substituents is 1. The molecule has 2 N–H and O–H groups in total. The van der Waals surface area contributed by atoms with Gasteiger partial charge in [0.25, 0.3) is 11.4 Å². The molecule has 11 nitrogen and oxygen atoms in total. The lowest BCUT2D eigenvalue weighted by Crippen LogP contribution is -2.40. The van der Waals surface area contributed by atoms with Gasteiger partial charge in [-0.15, -0.1) is 13.2 Å². The predicted molar refractivity (Wildman–Crippen MR) is 107 cm³/mol. The van der Waals surface area contributed by atoms with Gasteiger partial charge < -0.3 is 10.4 Å². The Balaban J connectivity index is 0.000000296. The maximum atomic E-state index is 10.4. The minimum Gasteiger partial charge on any atom is -0.497 e. The summed E-state index contributed by atoms with van der Waals surface area (Å²) in [5.74, 6) is -1.21. The number of hydrogen-bond donors (Lipinski definition) is 2. The van der Waals surface area contributed by atoms with Gasteiger partial charge in [0.15, 0.2) is 0 Å². The summed E-state index contributed by atoms with van der Waals surface area (Å²) in [7, 11) is 0. The van der Waals surface area contributed by atoms with Crippen LogP contribution < -0.4 is 5.32 Å². The fourth-order valence-electron chi connectivity index (χ4n) is 2.85. The Morgan fingerprint density at radius 2 is 1.59 bits per heavy atom.